The van der Waals surface area contributed by atoms with Crippen LogP contribution in [0.4, 0.5) is 0 Å². The maximum atomic E-state index is 10.3. The largest absolute Gasteiger partial charge is 0.508 e. The van der Waals surface area contributed by atoms with E-state index in [2.05, 4.69) is 0 Å². The number of benzene rings is 2. The third-order valence-corrected chi connectivity index (χ3v) is 4.05. The molecule has 0 spiro atoms. The summed E-state index contributed by atoms with van der Waals surface area (Å²) < 4.78 is 0. The Morgan fingerprint density at radius 2 is 1.57 bits per heavy atom. The van der Waals surface area contributed by atoms with Crippen LogP contribution in [0.2, 0.25) is 0 Å². The summed E-state index contributed by atoms with van der Waals surface area (Å²) in [5.74, 6) is -0.750. The Labute approximate surface area is 121 Å². The summed E-state index contributed by atoms with van der Waals surface area (Å²) >= 11 is 0. The van der Waals surface area contributed by atoms with Gasteiger partial charge in [-0.25, -0.2) is 0 Å². The molecule has 0 aromatic heterocycles. The van der Waals surface area contributed by atoms with Gasteiger partial charge in [0, 0.05) is 18.4 Å². The molecule has 0 fully saturated rings. The number of rotatable bonds is 1. The molecule has 0 unspecified atom stereocenters. The lowest BCUT2D eigenvalue weighted by molar-refractivity contribution is 0.134. The highest BCUT2D eigenvalue weighted by Gasteiger charge is 2.30. The average Bonchev–Trinajstić information content (AvgIpc) is 2.42. The van der Waals surface area contributed by atoms with E-state index in [9.17, 15) is 25.5 Å². The van der Waals surface area contributed by atoms with E-state index in [1.165, 1.54) is 18.2 Å². The molecule has 0 bridgehead atoms. The normalized spacial score (nSPS) is 21.0. The van der Waals surface area contributed by atoms with Gasteiger partial charge >= 0.3 is 0 Å². The molecular formula is C16H16O5. The first kappa shape index (κ1) is 13.6. The molecule has 0 saturated carbocycles. The van der Waals surface area contributed by atoms with Gasteiger partial charge in [0.05, 0.1) is 6.10 Å². The molecule has 2 atom stereocenters. The molecule has 5 heteroatoms. The minimum atomic E-state index is -0.711. The van der Waals surface area contributed by atoms with E-state index in [0.717, 1.165) is 5.56 Å². The molecule has 3 rings (SSSR count). The van der Waals surface area contributed by atoms with Gasteiger partial charge < -0.3 is 25.5 Å². The quantitative estimate of drug-likeness (QED) is 0.515. The van der Waals surface area contributed by atoms with Crippen molar-refractivity contribution < 1.29 is 25.5 Å². The molecule has 5 nitrogen and oxygen atoms in total. The van der Waals surface area contributed by atoms with Crippen molar-refractivity contribution in [2.75, 3.05) is 0 Å². The van der Waals surface area contributed by atoms with Gasteiger partial charge in [-0.3, -0.25) is 0 Å². The van der Waals surface area contributed by atoms with E-state index in [1.54, 1.807) is 12.1 Å². The van der Waals surface area contributed by atoms with Crippen LogP contribution in [0, 0.1) is 0 Å². The second-order valence-corrected chi connectivity index (χ2v) is 5.43. The van der Waals surface area contributed by atoms with Crippen molar-refractivity contribution in [1.82, 2.24) is 0 Å². The van der Waals surface area contributed by atoms with Gasteiger partial charge in [0.25, 0.3) is 0 Å². The van der Waals surface area contributed by atoms with Crippen molar-refractivity contribution in [2.45, 2.75) is 24.9 Å². The SMILES string of the molecule is Oc1cc(O)c2c(c1)C[C@@H](c1ccc(O)c(O)c1)[C@@H](O)C2. The highest BCUT2D eigenvalue weighted by molar-refractivity contribution is 5.49. The van der Waals surface area contributed by atoms with Gasteiger partial charge in [0.1, 0.15) is 11.5 Å². The first-order valence-electron chi connectivity index (χ1n) is 6.69. The predicted octanol–water partition coefficient (Wildman–Crippen LogP) is 1.75. The maximum absolute atomic E-state index is 10.3. The third-order valence-electron chi connectivity index (χ3n) is 4.05. The lowest BCUT2D eigenvalue weighted by Crippen LogP contribution is -2.28. The van der Waals surface area contributed by atoms with Crippen LogP contribution in [0.25, 0.3) is 0 Å². The summed E-state index contributed by atoms with van der Waals surface area (Å²) in [6.45, 7) is 0. The van der Waals surface area contributed by atoms with Crippen molar-refractivity contribution in [3.8, 4) is 23.0 Å². The first-order valence-corrected chi connectivity index (χ1v) is 6.69. The molecule has 1 aliphatic carbocycles. The minimum Gasteiger partial charge on any atom is -0.508 e. The summed E-state index contributed by atoms with van der Waals surface area (Å²) in [5, 5.41) is 48.7. The maximum Gasteiger partial charge on any atom is 0.157 e. The van der Waals surface area contributed by atoms with E-state index < -0.39 is 6.10 Å². The van der Waals surface area contributed by atoms with Gasteiger partial charge in [0.15, 0.2) is 11.5 Å². The van der Waals surface area contributed by atoms with Gasteiger partial charge in [-0.05, 0) is 41.3 Å². The second-order valence-electron chi connectivity index (χ2n) is 5.43. The highest BCUT2D eigenvalue weighted by atomic mass is 16.3. The van der Waals surface area contributed by atoms with Crippen LogP contribution in [0.15, 0.2) is 30.3 Å². The summed E-state index contributed by atoms with van der Waals surface area (Å²) in [4.78, 5) is 0. The number of phenols is 4. The minimum absolute atomic E-state index is 0.0175. The van der Waals surface area contributed by atoms with E-state index in [1.807, 2.05) is 0 Å². The Kier molecular flexibility index (Phi) is 3.14. The Bertz CT molecular complexity index is 695. The van der Waals surface area contributed by atoms with Crippen LogP contribution in [0.3, 0.4) is 0 Å². The van der Waals surface area contributed by atoms with Crippen molar-refractivity contribution in [3.63, 3.8) is 0 Å². The molecule has 5 N–H and O–H groups in total. The van der Waals surface area contributed by atoms with E-state index in [4.69, 9.17) is 0 Å². The van der Waals surface area contributed by atoms with E-state index >= 15 is 0 Å². The fourth-order valence-corrected chi connectivity index (χ4v) is 2.95. The van der Waals surface area contributed by atoms with Crippen LogP contribution in [0.5, 0.6) is 23.0 Å². The zero-order valence-electron chi connectivity index (χ0n) is 11.2. The van der Waals surface area contributed by atoms with Crippen LogP contribution in [-0.4, -0.2) is 31.6 Å². The Morgan fingerprint density at radius 1 is 0.810 bits per heavy atom. The summed E-state index contributed by atoms with van der Waals surface area (Å²) in [6.07, 6.45) is -0.00643. The fourth-order valence-electron chi connectivity index (χ4n) is 2.95. The Hall–Kier alpha value is -2.40. The molecule has 0 aliphatic heterocycles. The molecule has 21 heavy (non-hydrogen) atoms. The molecule has 0 radical (unpaired) electrons. The zero-order valence-corrected chi connectivity index (χ0v) is 11.2. The number of aromatic hydroxyl groups is 4. The van der Waals surface area contributed by atoms with Crippen molar-refractivity contribution in [3.05, 3.63) is 47.0 Å². The Balaban J connectivity index is 2.00. The van der Waals surface area contributed by atoms with Gasteiger partial charge in [-0.1, -0.05) is 6.07 Å². The molecule has 0 saturated heterocycles. The molecule has 2 aromatic rings. The predicted molar refractivity (Wildman–Crippen MR) is 75.7 cm³/mol. The second kappa shape index (κ2) is 4.86. The number of hydrogen-bond donors (Lipinski definition) is 5. The highest BCUT2D eigenvalue weighted by Crippen LogP contribution is 2.40. The van der Waals surface area contributed by atoms with E-state index in [0.29, 0.717) is 17.5 Å². The van der Waals surface area contributed by atoms with Crippen LogP contribution < -0.4 is 0 Å². The topological polar surface area (TPSA) is 101 Å². The van der Waals surface area contributed by atoms with Crippen molar-refractivity contribution in [1.29, 1.82) is 0 Å². The van der Waals surface area contributed by atoms with Crippen molar-refractivity contribution >= 4 is 0 Å². The zero-order chi connectivity index (χ0) is 15.1. The molecule has 0 heterocycles. The lowest BCUT2D eigenvalue weighted by atomic mass is 9.77. The van der Waals surface area contributed by atoms with Gasteiger partial charge in [-0.15, -0.1) is 0 Å². The Morgan fingerprint density at radius 3 is 2.29 bits per heavy atom. The number of aliphatic hydroxyl groups excluding tert-OH is 1. The van der Waals surface area contributed by atoms with Crippen LogP contribution in [0.1, 0.15) is 22.6 Å². The van der Waals surface area contributed by atoms with Gasteiger partial charge in [0.2, 0.25) is 0 Å². The third kappa shape index (κ3) is 2.36. The van der Waals surface area contributed by atoms with E-state index in [-0.39, 0.29) is 35.3 Å². The molecule has 0 amide bonds. The smallest absolute Gasteiger partial charge is 0.157 e. The van der Waals surface area contributed by atoms with Crippen molar-refractivity contribution in [2.24, 2.45) is 0 Å². The summed E-state index contributed by atoms with van der Waals surface area (Å²) in [7, 11) is 0. The number of fused-ring (bicyclic) bond motifs is 1. The molecule has 1 aliphatic rings. The monoisotopic (exact) mass is 288 g/mol. The number of phenolic OH excluding ortho intramolecular Hbond substituents is 4. The molecule has 110 valence electrons. The average molecular weight is 288 g/mol. The van der Waals surface area contributed by atoms with Crippen LogP contribution in [-0.2, 0) is 12.8 Å². The van der Waals surface area contributed by atoms with Gasteiger partial charge in [-0.2, -0.15) is 0 Å². The number of hydrogen-bond acceptors (Lipinski definition) is 5. The number of aliphatic hydroxyl groups is 1. The standard InChI is InChI=1S/C16H16O5/c17-10-3-9-4-11(8-1-2-13(18)16(21)5-8)15(20)7-12(9)14(19)6-10/h1-3,5-6,11,15,17-21H,4,7H2/t11-,15-/m0/s1. The summed E-state index contributed by atoms with van der Waals surface area (Å²) in [5.41, 5.74) is 2.11. The first-order chi connectivity index (χ1) is 9.95. The fraction of sp³-hybridized carbons (Fsp3) is 0.250. The molecular weight excluding hydrogens is 272 g/mol. The van der Waals surface area contributed by atoms with Crippen LogP contribution >= 0.6 is 0 Å². The summed E-state index contributed by atoms with van der Waals surface area (Å²) in [6, 6.07) is 7.30. The lowest BCUT2D eigenvalue weighted by Gasteiger charge is -2.30. The molecule has 2 aromatic carbocycles.